The molecule has 1 atom stereocenters. The van der Waals surface area contributed by atoms with Gasteiger partial charge < -0.3 is 5.73 Å². The second kappa shape index (κ2) is 6.58. The van der Waals surface area contributed by atoms with E-state index < -0.39 is 22.0 Å². The van der Waals surface area contributed by atoms with E-state index in [-0.39, 0.29) is 10.5 Å². The highest BCUT2D eigenvalue weighted by Gasteiger charge is 2.24. The van der Waals surface area contributed by atoms with Crippen LogP contribution in [-0.4, -0.2) is 14.3 Å². The normalized spacial score (nSPS) is 12.4. The van der Waals surface area contributed by atoms with Gasteiger partial charge in [-0.2, -0.15) is 5.26 Å². The van der Waals surface area contributed by atoms with E-state index >= 15 is 0 Å². The first-order valence-corrected chi connectivity index (χ1v) is 9.05. The van der Waals surface area contributed by atoms with Gasteiger partial charge in [0.25, 0.3) is 15.9 Å². The van der Waals surface area contributed by atoms with E-state index in [1.54, 1.807) is 17.5 Å². The van der Waals surface area contributed by atoms with Gasteiger partial charge in [0.2, 0.25) is 0 Å². The van der Waals surface area contributed by atoms with Crippen LogP contribution in [0.2, 0.25) is 0 Å². The molecule has 6 nitrogen and oxygen atoms in total. The van der Waals surface area contributed by atoms with E-state index in [0.717, 1.165) is 0 Å². The molecule has 0 aliphatic heterocycles. The van der Waals surface area contributed by atoms with Crippen molar-refractivity contribution < 1.29 is 13.2 Å². The average molecular weight is 400 g/mol. The zero-order chi connectivity index (χ0) is 16.3. The maximum Gasteiger partial charge on any atom is 0.264 e. The van der Waals surface area contributed by atoms with Crippen LogP contribution in [0.15, 0.2) is 45.1 Å². The predicted octanol–water partition coefficient (Wildman–Crippen LogP) is 1.89. The molecule has 114 valence electrons. The number of halogens is 1. The summed E-state index contributed by atoms with van der Waals surface area (Å²) in [6.07, 6.45) is 0. The summed E-state index contributed by atoms with van der Waals surface area (Å²) in [5.41, 5.74) is 5.88. The third-order valence-corrected chi connectivity index (χ3v) is 5.42. The zero-order valence-corrected chi connectivity index (χ0v) is 14.2. The number of nitrogens with two attached hydrogens (primary N) is 1. The molecule has 2 rings (SSSR count). The highest BCUT2D eigenvalue weighted by atomic mass is 79.9. The quantitative estimate of drug-likeness (QED) is 0.814. The second-order valence-electron chi connectivity index (χ2n) is 4.25. The summed E-state index contributed by atoms with van der Waals surface area (Å²) in [7, 11) is -4.11. The molecular weight excluding hydrogens is 390 g/mol. The summed E-state index contributed by atoms with van der Waals surface area (Å²) in [4.78, 5) is 12.4. The van der Waals surface area contributed by atoms with Crippen molar-refractivity contribution in [2.75, 3.05) is 0 Å². The Morgan fingerprint density at radius 1 is 1.41 bits per heavy atom. The molecule has 0 spiro atoms. The number of benzene rings is 1. The molecule has 0 aliphatic rings. The van der Waals surface area contributed by atoms with Crippen LogP contribution in [-0.2, 0) is 14.8 Å². The Hall–Kier alpha value is -1.73. The van der Waals surface area contributed by atoms with Crippen molar-refractivity contribution in [1.29, 1.82) is 5.26 Å². The van der Waals surface area contributed by atoms with Gasteiger partial charge in [-0.1, -0.05) is 22.0 Å². The minimum atomic E-state index is -4.11. The van der Waals surface area contributed by atoms with Crippen molar-refractivity contribution in [2.45, 2.75) is 10.9 Å². The molecule has 1 unspecified atom stereocenters. The van der Waals surface area contributed by atoms with Gasteiger partial charge in [0.15, 0.2) is 0 Å². The van der Waals surface area contributed by atoms with E-state index in [1.807, 2.05) is 10.8 Å². The molecule has 0 radical (unpaired) electrons. The molecule has 0 fully saturated rings. The summed E-state index contributed by atoms with van der Waals surface area (Å²) in [6, 6.07) is 8.09. The van der Waals surface area contributed by atoms with Crippen LogP contribution in [0.25, 0.3) is 0 Å². The Morgan fingerprint density at radius 2 is 2.14 bits per heavy atom. The minimum Gasteiger partial charge on any atom is -0.315 e. The third-order valence-electron chi connectivity index (χ3n) is 2.68. The molecule has 1 amide bonds. The highest BCUT2D eigenvalue weighted by molar-refractivity contribution is 9.10. The van der Waals surface area contributed by atoms with E-state index in [0.29, 0.717) is 9.35 Å². The maximum absolute atomic E-state index is 12.2. The van der Waals surface area contributed by atoms with Crippen LogP contribution in [0.3, 0.4) is 0 Å². The first-order chi connectivity index (χ1) is 10.3. The molecule has 1 aromatic carbocycles. The van der Waals surface area contributed by atoms with Crippen molar-refractivity contribution in [3.63, 3.8) is 0 Å². The van der Waals surface area contributed by atoms with E-state index in [4.69, 9.17) is 11.0 Å². The van der Waals surface area contributed by atoms with E-state index in [2.05, 4.69) is 15.9 Å². The van der Waals surface area contributed by atoms with Gasteiger partial charge in [0, 0.05) is 9.35 Å². The van der Waals surface area contributed by atoms with Gasteiger partial charge in [-0.3, -0.25) is 4.79 Å². The summed E-state index contributed by atoms with van der Waals surface area (Å²) < 4.78 is 26.8. The molecular formula is C13H10BrN3O3S2. The molecule has 3 N–H and O–H groups in total. The van der Waals surface area contributed by atoms with E-state index in [1.165, 1.54) is 29.5 Å². The number of hydrogen-bond acceptors (Lipinski definition) is 6. The zero-order valence-electron chi connectivity index (χ0n) is 11.0. The summed E-state index contributed by atoms with van der Waals surface area (Å²) in [5, 5.41) is 10.6. The lowest BCUT2D eigenvalue weighted by molar-refractivity contribution is -0.120. The average Bonchev–Trinajstić information content (AvgIpc) is 2.99. The molecule has 22 heavy (non-hydrogen) atoms. The fourth-order valence-corrected chi connectivity index (χ4v) is 4.08. The Labute approximate surface area is 139 Å². The van der Waals surface area contributed by atoms with Crippen molar-refractivity contribution in [3.05, 3.63) is 50.6 Å². The molecule has 0 saturated heterocycles. The van der Waals surface area contributed by atoms with Gasteiger partial charge >= 0.3 is 0 Å². The lowest BCUT2D eigenvalue weighted by atomic mass is 10.2. The van der Waals surface area contributed by atoms with Crippen molar-refractivity contribution >= 4 is 43.2 Å². The second-order valence-corrected chi connectivity index (χ2v) is 7.83. The summed E-state index contributed by atoms with van der Waals surface area (Å²) >= 11 is 4.38. The van der Waals surface area contributed by atoms with Crippen LogP contribution < -0.4 is 10.5 Å². The largest absolute Gasteiger partial charge is 0.315 e. The van der Waals surface area contributed by atoms with Crippen LogP contribution in [0, 0.1) is 11.3 Å². The topological polar surface area (TPSA) is 113 Å². The lowest BCUT2D eigenvalue weighted by Crippen LogP contribution is -2.37. The fraction of sp³-hybridized carbons (Fsp3) is 0.0769. The lowest BCUT2D eigenvalue weighted by Gasteiger charge is -2.11. The van der Waals surface area contributed by atoms with Crippen molar-refractivity contribution in [2.24, 2.45) is 5.73 Å². The molecule has 2 aromatic rings. The third kappa shape index (κ3) is 3.72. The first kappa shape index (κ1) is 16.6. The SMILES string of the molecule is N#Cc1cc(Br)cc(S(=O)(=O)NC(=O)C(N)c2cccs2)c1. The smallest absolute Gasteiger partial charge is 0.264 e. The Bertz CT molecular complexity index is 842. The number of sulfonamides is 1. The summed E-state index contributed by atoms with van der Waals surface area (Å²) in [5.74, 6) is -0.832. The number of thiophene rings is 1. The number of carbonyl (C=O) groups is 1. The van der Waals surface area contributed by atoms with Crippen LogP contribution in [0.5, 0.6) is 0 Å². The molecule has 0 bridgehead atoms. The van der Waals surface area contributed by atoms with Gasteiger partial charge in [-0.05, 0) is 29.6 Å². The maximum atomic E-state index is 12.2. The van der Waals surface area contributed by atoms with Crippen molar-refractivity contribution in [3.8, 4) is 6.07 Å². The Kier molecular flexibility index (Phi) is 4.97. The van der Waals surface area contributed by atoms with E-state index in [9.17, 15) is 13.2 Å². The van der Waals surface area contributed by atoms with Gasteiger partial charge in [-0.25, -0.2) is 13.1 Å². The Morgan fingerprint density at radius 3 is 2.73 bits per heavy atom. The number of carbonyl (C=O) groups excluding carboxylic acids is 1. The molecule has 9 heteroatoms. The number of nitriles is 1. The van der Waals surface area contributed by atoms with Crippen LogP contribution in [0.1, 0.15) is 16.5 Å². The standard InChI is InChI=1S/C13H10BrN3O3S2/c14-9-4-8(7-15)5-10(6-9)22(19,20)17-13(18)12(16)11-2-1-3-21-11/h1-6,12H,16H2,(H,17,18). The highest BCUT2D eigenvalue weighted by Crippen LogP contribution is 2.21. The van der Waals surface area contributed by atoms with Crippen LogP contribution >= 0.6 is 27.3 Å². The number of nitrogens with one attached hydrogen (secondary N) is 1. The van der Waals surface area contributed by atoms with Crippen molar-refractivity contribution in [1.82, 2.24) is 4.72 Å². The van der Waals surface area contributed by atoms with Crippen LogP contribution in [0.4, 0.5) is 0 Å². The molecule has 0 aliphatic carbocycles. The summed E-state index contributed by atoms with van der Waals surface area (Å²) in [6.45, 7) is 0. The van der Waals surface area contributed by atoms with Gasteiger partial charge in [-0.15, -0.1) is 11.3 Å². The fourth-order valence-electron chi connectivity index (χ4n) is 1.63. The number of rotatable bonds is 4. The van der Waals surface area contributed by atoms with Gasteiger partial charge in [0.05, 0.1) is 16.5 Å². The monoisotopic (exact) mass is 399 g/mol. The predicted molar refractivity (Wildman–Crippen MR) is 85.4 cm³/mol. The first-order valence-electron chi connectivity index (χ1n) is 5.90. The Balaban J connectivity index is 2.26. The molecule has 1 heterocycles. The molecule has 0 saturated carbocycles. The molecule has 1 aromatic heterocycles. The minimum absolute atomic E-state index is 0.157. The number of hydrogen-bond donors (Lipinski definition) is 2. The number of amides is 1. The number of nitrogens with zero attached hydrogens (tertiary/aromatic N) is 1. The van der Waals surface area contributed by atoms with Gasteiger partial charge in [0.1, 0.15) is 6.04 Å².